The van der Waals surface area contributed by atoms with Gasteiger partial charge in [-0.25, -0.2) is 4.57 Å². The maximum absolute atomic E-state index is 12.9. The van der Waals surface area contributed by atoms with Crippen molar-refractivity contribution in [3.63, 3.8) is 0 Å². The molecule has 0 spiro atoms. The van der Waals surface area contributed by atoms with Crippen molar-refractivity contribution < 1.29 is 32.9 Å². The smallest absolute Gasteiger partial charge is 0.387 e. The number of likely N-dealkylation sites (N-methyl/N-ethyl adjacent to an activating group) is 1. The van der Waals surface area contributed by atoms with E-state index >= 15 is 0 Å². The normalized spacial score (nSPS) is 14.3. The molecule has 0 aromatic carbocycles. The van der Waals surface area contributed by atoms with Crippen LogP contribution in [0.1, 0.15) is 258 Å². The fourth-order valence-corrected chi connectivity index (χ4v) is 8.73. The van der Waals surface area contributed by atoms with Crippen molar-refractivity contribution in [2.45, 2.75) is 270 Å². The average molecular weight is 924 g/mol. The third kappa shape index (κ3) is 48.6. The lowest BCUT2D eigenvalue weighted by Crippen LogP contribution is -2.45. The summed E-state index contributed by atoms with van der Waals surface area (Å²) in [6.07, 6.45) is 59.8. The summed E-state index contributed by atoms with van der Waals surface area (Å²) < 4.78 is 23.6. The Balaban J connectivity index is 4.14. The first-order chi connectivity index (χ1) is 31.0. The average Bonchev–Trinajstić information content (AvgIpc) is 3.25. The number of hydrogen-bond donors (Lipinski definition) is 3. The van der Waals surface area contributed by atoms with Crippen LogP contribution in [0.5, 0.6) is 0 Å². The first-order valence-electron chi connectivity index (χ1n) is 27.4. The number of amides is 1. The Labute approximate surface area is 397 Å². The number of phosphoric acid groups is 1. The molecule has 0 fully saturated rings. The van der Waals surface area contributed by atoms with E-state index < -0.39 is 20.0 Å². The summed E-state index contributed by atoms with van der Waals surface area (Å²) in [6, 6.07) is -0.866. The number of hydrogen-bond acceptors (Lipinski definition) is 5. The van der Waals surface area contributed by atoms with Gasteiger partial charge in [0, 0.05) is 6.42 Å². The highest BCUT2D eigenvalue weighted by molar-refractivity contribution is 7.47. The lowest BCUT2D eigenvalue weighted by atomic mass is 10.0. The van der Waals surface area contributed by atoms with Crippen LogP contribution in [0.15, 0.2) is 36.5 Å². The number of unbranched alkanes of at least 4 members (excludes halogenated alkanes) is 33. The molecule has 0 aromatic heterocycles. The van der Waals surface area contributed by atoms with E-state index in [1.807, 2.05) is 27.2 Å². The molecule has 64 heavy (non-hydrogen) atoms. The highest BCUT2D eigenvalue weighted by Crippen LogP contribution is 2.43. The number of carbonyl (C=O) groups is 1. The predicted octanol–water partition coefficient (Wildman–Crippen LogP) is 16.2. The molecule has 3 N–H and O–H groups in total. The molecule has 3 unspecified atom stereocenters. The lowest BCUT2D eigenvalue weighted by Gasteiger charge is -2.25. The molecule has 0 aliphatic rings. The van der Waals surface area contributed by atoms with E-state index in [9.17, 15) is 19.4 Å². The Morgan fingerprint density at radius 2 is 0.859 bits per heavy atom. The Hall–Kier alpha value is -1.28. The van der Waals surface area contributed by atoms with Crippen molar-refractivity contribution >= 4 is 13.7 Å². The van der Waals surface area contributed by atoms with Crippen molar-refractivity contribution in [3.8, 4) is 0 Å². The second-order valence-corrected chi connectivity index (χ2v) is 21.4. The Morgan fingerprint density at radius 1 is 0.516 bits per heavy atom. The monoisotopic (exact) mass is 924 g/mol. The first kappa shape index (κ1) is 62.7. The number of aliphatic hydroxyl groups is 1. The number of rotatable bonds is 50. The molecule has 0 bridgehead atoms. The van der Waals surface area contributed by atoms with Crippen molar-refractivity contribution in [2.24, 2.45) is 0 Å². The number of phosphoric ester groups is 1. The van der Waals surface area contributed by atoms with Crippen LogP contribution in [0.2, 0.25) is 0 Å². The maximum Gasteiger partial charge on any atom is 0.472 e. The van der Waals surface area contributed by atoms with Crippen LogP contribution in [-0.4, -0.2) is 73.4 Å². The highest BCUT2D eigenvalue weighted by atomic mass is 31.2. The molecule has 0 heterocycles. The number of quaternary nitrogens is 1. The van der Waals surface area contributed by atoms with Gasteiger partial charge in [0.25, 0.3) is 0 Å². The number of nitrogens with one attached hydrogen (secondary N) is 1. The highest BCUT2D eigenvalue weighted by Gasteiger charge is 2.27. The zero-order chi connectivity index (χ0) is 47.1. The fraction of sp³-hybridized carbons (Fsp3) is 0.873. The zero-order valence-corrected chi connectivity index (χ0v) is 43.9. The molecule has 8 nitrogen and oxygen atoms in total. The summed E-state index contributed by atoms with van der Waals surface area (Å²) in [7, 11) is 1.55. The minimum atomic E-state index is -4.35. The maximum atomic E-state index is 12.9. The molecular weight excluding hydrogens is 816 g/mol. The zero-order valence-electron chi connectivity index (χ0n) is 43.0. The fourth-order valence-electron chi connectivity index (χ4n) is 7.99. The molecular formula is C55H108N2O6P+. The molecule has 9 heteroatoms. The Bertz CT molecular complexity index is 1140. The van der Waals surface area contributed by atoms with E-state index in [0.29, 0.717) is 17.4 Å². The van der Waals surface area contributed by atoms with E-state index in [-0.39, 0.29) is 19.1 Å². The lowest BCUT2D eigenvalue weighted by molar-refractivity contribution is -0.870. The number of allylic oxidation sites excluding steroid dienone is 5. The third-order valence-electron chi connectivity index (χ3n) is 12.3. The summed E-state index contributed by atoms with van der Waals surface area (Å²) >= 11 is 0. The van der Waals surface area contributed by atoms with Crippen LogP contribution in [0, 0.1) is 0 Å². The predicted molar refractivity (Wildman–Crippen MR) is 277 cm³/mol. The van der Waals surface area contributed by atoms with E-state index in [4.69, 9.17) is 9.05 Å². The van der Waals surface area contributed by atoms with Crippen molar-refractivity contribution in [3.05, 3.63) is 36.5 Å². The van der Waals surface area contributed by atoms with Gasteiger partial charge >= 0.3 is 7.82 Å². The minimum Gasteiger partial charge on any atom is -0.387 e. The standard InChI is InChI=1S/C55H107N2O6P/c1-6-8-10-12-14-16-18-20-21-22-23-24-25-26-27-28-29-30-31-32-33-34-35-36-37-38-40-42-44-46-48-54(58)53(52-63-64(60,61)62-51-50-57(3,4)5)56-55(59)49-47-45-43-41-39-19-17-15-13-11-9-7-2/h15,17,38,40,46,48,53-54,58H,6-14,16,18-37,39,41-45,47,49-52H2,1-5H3,(H-,56,59,60,61)/p+1/b17-15-,40-38+,48-46+. The molecule has 0 radical (unpaired) electrons. The molecule has 0 rings (SSSR count). The van der Waals surface area contributed by atoms with E-state index in [0.717, 1.165) is 51.4 Å². The van der Waals surface area contributed by atoms with Gasteiger partial charge in [-0.3, -0.25) is 13.8 Å². The van der Waals surface area contributed by atoms with Crippen LogP contribution in [0.3, 0.4) is 0 Å². The van der Waals surface area contributed by atoms with Gasteiger partial charge in [0.15, 0.2) is 0 Å². The largest absolute Gasteiger partial charge is 0.472 e. The van der Waals surface area contributed by atoms with Crippen molar-refractivity contribution in [1.29, 1.82) is 0 Å². The van der Waals surface area contributed by atoms with Crippen LogP contribution in [0.4, 0.5) is 0 Å². The summed E-state index contributed by atoms with van der Waals surface area (Å²) in [6.45, 7) is 4.78. The van der Waals surface area contributed by atoms with Gasteiger partial charge in [-0.1, -0.05) is 230 Å². The summed E-state index contributed by atoms with van der Waals surface area (Å²) in [4.78, 5) is 23.1. The summed E-state index contributed by atoms with van der Waals surface area (Å²) in [5.41, 5.74) is 0. The van der Waals surface area contributed by atoms with Crippen molar-refractivity contribution in [1.82, 2.24) is 5.32 Å². The third-order valence-corrected chi connectivity index (χ3v) is 13.3. The molecule has 1 amide bonds. The quantitative estimate of drug-likeness (QED) is 0.0243. The van der Waals surface area contributed by atoms with Crippen LogP contribution in [-0.2, 0) is 18.4 Å². The van der Waals surface area contributed by atoms with Gasteiger partial charge in [0.05, 0.1) is 39.9 Å². The second kappa shape index (κ2) is 46.8. The Morgan fingerprint density at radius 3 is 1.28 bits per heavy atom. The summed E-state index contributed by atoms with van der Waals surface area (Å²) in [5, 5.41) is 13.8. The second-order valence-electron chi connectivity index (χ2n) is 19.9. The van der Waals surface area contributed by atoms with Crippen LogP contribution in [0.25, 0.3) is 0 Å². The van der Waals surface area contributed by atoms with Gasteiger partial charge in [-0.2, -0.15) is 0 Å². The van der Waals surface area contributed by atoms with E-state index in [1.165, 1.54) is 186 Å². The molecule has 0 saturated carbocycles. The van der Waals surface area contributed by atoms with E-state index in [2.05, 4.69) is 43.5 Å². The van der Waals surface area contributed by atoms with Gasteiger partial charge in [0.1, 0.15) is 13.2 Å². The van der Waals surface area contributed by atoms with Crippen LogP contribution < -0.4 is 5.32 Å². The van der Waals surface area contributed by atoms with Gasteiger partial charge in [-0.15, -0.1) is 0 Å². The SMILES string of the molecule is CCCCC/C=C\CCCCCCCC(=O)NC(COP(=O)(O)OCC[N+](C)(C)C)C(O)/C=C/CC/C=C/CCCCCCCCCCCCCCCCCCCCCCCCCC. The molecule has 0 aliphatic heterocycles. The van der Waals surface area contributed by atoms with Gasteiger partial charge < -0.3 is 19.8 Å². The number of nitrogens with zero attached hydrogens (tertiary/aromatic N) is 1. The molecule has 378 valence electrons. The van der Waals surface area contributed by atoms with E-state index in [1.54, 1.807) is 6.08 Å². The number of carbonyl (C=O) groups excluding carboxylic acids is 1. The van der Waals surface area contributed by atoms with Gasteiger partial charge in [0.2, 0.25) is 5.91 Å². The topological polar surface area (TPSA) is 105 Å². The number of aliphatic hydroxyl groups excluding tert-OH is 1. The molecule has 0 aromatic rings. The van der Waals surface area contributed by atoms with Crippen molar-refractivity contribution in [2.75, 3.05) is 40.9 Å². The minimum absolute atomic E-state index is 0.0548. The molecule has 3 atom stereocenters. The van der Waals surface area contributed by atoms with Crippen LogP contribution >= 0.6 is 7.82 Å². The van der Waals surface area contributed by atoms with Gasteiger partial charge in [-0.05, 0) is 57.8 Å². The molecule has 0 aliphatic carbocycles. The summed E-state index contributed by atoms with van der Waals surface area (Å²) in [5.74, 6) is -0.196. The molecule has 0 saturated heterocycles. The Kier molecular flexibility index (Phi) is 45.9. The first-order valence-corrected chi connectivity index (χ1v) is 28.9.